The summed E-state index contributed by atoms with van der Waals surface area (Å²) < 4.78 is 1.12. The zero-order chi connectivity index (χ0) is 15.2. The van der Waals surface area contributed by atoms with E-state index in [1.165, 1.54) is 11.3 Å². The summed E-state index contributed by atoms with van der Waals surface area (Å²) in [6, 6.07) is 6.51. The van der Waals surface area contributed by atoms with E-state index in [1.54, 1.807) is 0 Å². The predicted molar refractivity (Wildman–Crippen MR) is 90.3 cm³/mol. The van der Waals surface area contributed by atoms with Crippen LogP contribution in [0.1, 0.15) is 31.7 Å². The van der Waals surface area contributed by atoms with Crippen LogP contribution in [0, 0.1) is 5.92 Å². The number of amides is 1. The Morgan fingerprint density at radius 2 is 2.14 bits per heavy atom. The molecule has 5 heteroatoms. The number of anilines is 1. The van der Waals surface area contributed by atoms with Crippen molar-refractivity contribution in [3.05, 3.63) is 28.2 Å². The normalized spacial score (nSPS) is 16.2. The van der Waals surface area contributed by atoms with E-state index in [9.17, 15) is 4.79 Å². The number of carbonyl (C=O) groups excluding carboxylic acids is 1. The third kappa shape index (κ3) is 4.45. The third-order valence-corrected chi connectivity index (χ3v) is 4.64. The molecule has 0 bridgehead atoms. The van der Waals surface area contributed by atoms with Gasteiger partial charge in [0, 0.05) is 30.0 Å². The second-order valence-corrected chi connectivity index (χ2v) is 6.48. The van der Waals surface area contributed by atoms with Gasteiger partial charge >= 0.3 is 0 Å². The number of nitrogens with zero attached hydrogens (tertiary/aromatic N) is 1. The second kappa shape index (κ2) is 7.80. The Labute approximate surface area is 135 Å². The Balaban J connectivity index is 1.96. The maximum absolute atomic E-state index is 11.2. The molecule has 0 radical (unpaired) electrons. The minimum absolute atomic E-state index is 0.0394. The standard InChI is InChI=1S/C16H24BrN3O/c1-2-7-19-11-12-3-4-15(14(17)10-12)20-8-5-13(6-9-20)16(18)21/h3-4,10,13,19H,2,5-9,11H2,1H3,(H2,18,21). The van der Waals surface area contributed by atoms with E-state index in [-0.39, 0.29) is 11.8 Å². The van der Waals surface area contributed by atoms with Gasteiger partial charge in [-0.05, 0) is 59.4 Å². The van der Waals surface area contributed by atoms with Crippen molar-refractivity contribution in [1.29, 1.82) is 0 Å². The smallest absolute Gasteiger partial charge is 0.220 e. The molecule has 0 aromatic heterocycles. The average Bonchev–Trinajstić information content (AvgIpc) is 2.48. The predicted octanol–water partition coefficient (Wildman–Crippen LogP) is 2.65. The lowest BCUT2D eigenvalue weighted by Gasteiger charge is -2.33. The van der Waals surface area contributed by atoms with Gasteiger partial charge in [0.1, 0.15) is 0 Å². The summed E-state index contributed by atoms with van der Waals surface area (Å²) in [6.45, 7) is 5.89. The van der Waals surface area contributed by atoms with Gasteiger partial charge in [0.15, 0.2) is 0 Å². The molecule has 0 atom stereocenters. The summed E-state index contributed by atoms with van der Waals surface area (Å²) in [6.07, 6.45) is 2.84. The fourth-order valence-corrected chi connectivity index (χ4v) is 3.41. The first kappa shape index (κ1) is 16.3. The fourth-order valence-electron chi connectivity index (χ4n) is 2.73. The molecule has 0 saturated carbocycles. The fraction of sp³-hybridized carbons (Fsp3) is 0.562. The van der Waals surface area contributed by atoms with Crippen LogP contribution >= 0.6 is 15.9 Å². The van der Waals surface area contributed by atoms with Gasteiger partial charge in [-0.25, -0.2) is 0 Å². The van der Waals surface area contributed by atoms with Crippen molar-refractivity contribution in [2.24, 2.45) is 11.7 Å². The van der Waals surface area contributed by atoms with Crippen LogP contribution in [0.4, 0.5) is 5.69 Å². The molecule has 0 unspecified atom stereocenters. The number of nitrogens with one attached hydrogen (secondary N) is 1. The number of rotatable bonds is 6. The second-order valence-electron chi connectivity index (χ2n) is 5.63. The van der Waals surface area contributed by atoms with Crippen LogP contribution in [0.3, 0.4) is 0 Å². The van der Waals surface area contributed by atoms with Crippen molar-refractivity contribution in [2.45, 2.75) is 32.7 Å². The molecule has 1 aromatic rings. The third-order valence-electron chi connectivity index (χ3n) is 4.01. The number of hydrogen-bond donors (Lipinski definition) is 2. The summed E-state index contributed by atoms with van der Waals surface area (Å²) in [5, 5.41) is 3.41. The monoisotopic (exact) mass is 353 g/mol. The van der Waals surface area contributed by atoms with Crippen molar-refractivity contribution in [3.63, 3.8) is 0 Å². The van der Waals surface area contributed by atoms with Gasteiger partial charge in [-0.1, -0.05) is 13.0 Å². The molecule has 1 amide bonds. The topological polar surface area (TPSA) is 58.4 Å². The Morgan fingerprint density at radius 3 is 2.71 bits per heavy atom. The summed E-state index contributed by atoms with van der Waals surface area (Å²) in [5.41, 5.74) is 7.87. The van der Waals surface area contributed by atoms with E-state index >= 15 is 0 Å². The van der Waals surface area contributed by atoms with Gasteiger partial charge in [0.05, 0.1) is 5.69 Å². The highest BCUT2D eigenvalue weighted by atomic mass is 79.9. The van der Waals surface area contributed by atoms with Crippen molar-refractivity contribution in [1.82, 2.24) is 5.32 Å². The van der Waals surface area contributed by atoms with Crippen LogP contribution in [-0.4, -0.2) is 25.5 Å². The molecule has 3 N–H and O–H groups in total. The maximum Gasteiger partial charge on any atom is 0.220 e. The molecule has 1 saturated heterocycles. The van der Waals surface area contributed by atoms with Gasteiger partial charge in [-0.3, -0.25) is 4.79 Å². The highest BCUT2D eigenvalue weighted by Crippen LogP contribution is 2.30. The molecule has 21 heavy (non-hydrogen) atoms. The first-order valence-corrected chi connectivity index (χ1v) is 8.44. The summed E-state index contributed by atoms with van der Waals surface area (Å²) >= 11 is 3.67. The van der Waals surface area contributed by atoms with Crippen LogP contribution in [-0.2, 0) is 11.3 Å². The molecule has 1 aliphatic heterocycles. The van der Waals surface area contributed by atoms with E-state index in [0.29, 0.717) is 0 Å². The molecule has 1 heterocycles. The van der Waals surface area contributed by atoms with Crippen molar-refractivity contribution in [3.8, 4) is 0 Å². The molecule has 0 aliphatic carbocycles. The van der Waals surface area contributed by atoms with E-state index in [2.05, 4.69) is 51.3 Å². The minimum atomic E-state index is -0.161. The van der Waals surface area contributed by atoms with E-state index < -0.39 is 0 Å². The Bertz CT molecular complexity index is 484. The number of nitrogens with two attached hydrogens (primary N) is 1. The molecular weight excluding hydrogens is 330 g/mol. The Morgan fingerprint density at radius 1 is 1.43 bits per heavy atom. The largest absolute Gasteiger partial charge is 0.371 e. The van der Waals surface area contributed by atoms with Gasteiger partial charge in [0.2, 0.25) is 5.91 Å². The highest BCUT2D eigenvalue weighted by Gasteiger charge is 2.24. The van der Waals surface area contributed by atoms with Gasteiger partial charge in [-0.15, -0.1) is 0 Å². The molecule has 0 spiro atoms. The summed E-state index contributed by atoms with van der Waals surface area (Å²) in [7, 11) is 0. The molecule has 4 nitrogen and oxygen atoms in total. The molecule has 1 aliphatic rings. The molecule has 1 fully saturated rings. The van der Waals surface area contributed by atoms with Crippen LogP contribution in [0.2, 0.25) is 0 Å². The van der Waals surface area contributed by atoms with Gasteiger partial charge in [-0.2, -0.15) is 0 Å². The number of piperidine rings is 1. The van der Waals surface area contributed by atoms with Crippen LogP contribution in [0.15, 0.2) is 22.7 Å². The lowest BCUT2D eigenvalue weighted by Crippen LogP contribution is -2.38. The van der Waals surface area contributed by atoms with E-state index in [1.807, 2.05) is 0 Å². The van der Waals surface area contributed by atoms with Crippen LogP contribution < -0.4 is 16.0 Å². The molecule has 1 aromatic carbocycles. The SMILES string of the molecule is CCCNCc1ccc(N2CCC(C(N)=O)CC2)c(Br)c1. The Hall–Kier alpha value is -1.07. The van der Waals surface area contributed by atoms with E-state index in [0.717, 1.165) is 49.9 Å². The number of primary amides is 1. The zero-order valence-corrected chi connectivity index (χ0v) is 14.2. The zero-order valence-electron chi connectivity index (χ0n) is 12.6. The molecule has 116 valence electrons. The Kier molecular flexibility index (Phi) is 6.06. The molecular formula is C16H24BrN3O. The first-order chi connectivity index (χ1) is 10.1. The number of carbonyl (C=O) groups is 1. The lowest BCUT2D eigenvalue weighted by atomic mass is 9.96. The number of halogens is 1. The van der Waals surface area contributed by atoms with Crippen molar-refractivity contribution in [2.75, 3.05) is 24.5 Å². The maximum atomic E-state index is 11.2. The van der Waals surface area contributed by atoms with Crippen molar-refractivity contribution < 1.29 is 4.79 Å². The van der Waals surface area contributed by atoms with Gasteiger partial charge in [0.25, 0.3) is 0 Å². The minimum Gasteiger partial charge on any atom is -0.371 e. The lowest BCUT2D eigenvalue weighted by molar-refractivity contribution is -0.122. The van der Waals surface area contributed by atoms with E-state index in [4.69, 9.17) is 5.73 Å². The molecule has 2 rings (SSSR count). The summed E-state index contributed by atoms with van der Waals surface area (Å²) in [4.78, 5) is 13.5. The quantitative estimate of drug-likeness (QED) is 0.773. The summed E-state index contributed by atoms with van der Waals surface area (Å²) in [5.74, 6) is -0.122. The number of benzene rings is 1. The number of hydrogen-bond acceptors (Lipinski definition) is 3. The highest BCUT2D eigenvalue weighted by molar-refractivity contribution is 9.10. The average molecular weight is 354 g/mol. The van der Waals surface area contributed by atoms with Crippen molar-refractivity contribution >= 4 is 27.5 Å². The van der Waals surface area contributed by atoms with Crippen LogP contribution in [0.5, 0.6) is 0 Å². The van der Waals surface area contributed by atoms with Crippen LogP contribution in [0.25, 0.3) is 0 Å². The van der Waals surface area contributed by atoms with Gasteiger partial charge < -0.3 is 16.0 Å². The first-order valence-electron chi connectivity index (χ1n) is 7.65.